The van der Waals surface area contributed by atoms with Crippen molar-refractivity contribution in [2.45, 2.75) is 173 Å². The SMILES string of the molecule is C#CC/C(=C\C(=C(/CC(C)C)c1cc2c3ccc(C)cc3c(-c3c(C(C)C)cc(C(C)C)cc3C(C)C)cc2c2ccccc12)C(C)C)C(C)C.CC.COC(C)(C)C(C)(C)OC. The molecule has 0 aliphatic rings. The molecule has 0 aliphatic carbocycles. The summed E-state index contributed by atoms with van der Waals surface area (Å²) in [4.78, 5) is 0. The molecule has 0 N–H and O–H groups in total. The average molecular weight is 851 g/mol. The molecule has 5 aromatic carbocycles. The molecule has 0 heterocycles. The molecule has 5 rings (SSSR count). The summed E-state index contributed by atoms with van der Waals surface area (Å²) in [5.41, 5.74) is 13.5. The van der Waals surface area contributed by atoms with E-state index in [0.29, 0.717) is 41.9 Å². The van der Waals surface area contributed by atoms with Gasteiger partial charge in [-0.2, -0.15) is 0 Å². The third-order valence-corrected chi connectivity index (χ3v) is 13.3. The number of rotatable bonds is 14. The molecule has 2 nitrogen and oxygen atoms in total. The maximum absolute atomic E-state index is 5.91. The summed E-state index contributed by atoms with van der Waals surface area (Å²) in [6, 6.07) is 26.4. The molecule has 2 heteroatoms. The molecule has 0 amide bonds. The molecule has 0 saturated carbocycles. The third-order valence-electron chi connectivity index (χ3n) is 13.3. The van der Waals surface area contributed by atoms with Crippen LogP contribution in [0.15, 0.2) is 84.0 Å². The van der Waals surface area contributed by atoms with Crippen molar-refractivity contribution in [3.63, 3.8) is 0 Å². The fourth-order valence-electron chi connectivity index (χ4n) is 8.46. The lowest BCUT2D eigenvalue weighted by atomic mass is 9.78. The van der Waals surface area contributed by atoms with E-state index in [4.69, 9.17) is 15.9 Å². The Kier molecular flexibility index (Phi) is 19.1. The van der Waals surface area contributed by atoms with E-state index in [-0.39, 0.29) is 11.2 Å². The number of hydrogen-bond donors (Lipinski definition) is 0. The number of benzene rings is 5. The number of hydrogen-bond acceptors (Lipinski definition) is 2. The standard InChI is InChI=1S/C51H62.C8H18O2.C2H6/c1-15-18-37(31(4)5)25-42(33(8)9)45(23-30(2)3)47-28-48-41-22-21-36(14)24-46(41)50(29-49(48)40-20-17-16-19-39(40)47)51-43(34(10)11)26-38(32(6)7)27-44(51)35(12)13;1-7(2,9-5)8(3,4)10-6;1-2/h1,16-17,19-22,24-35H,18,23H2,2-14H3;1-6H3;1-2H3/b37-25+,45-42-;;. The Morgan fingerprint density at radius 2 is 1.13 bits per heavy atom. The first-order valence-electron chi connectivity index (χ1n) is 24.1. The summed E-state index contributed by atoms with van der Waals surface area (Å²) in [6.07, 6.45) is 10.1. The van der Waals surface area contributed by atoms with Gasteiger partial charge in [-0.1, -0.05) is 169 Å². The van der Waals surface area contributed by atoms with Crippen molar-refractivity contribution in [3.8, 4) is 23.5 Å². The lowest BCUT2D eigenvalue weighted by Gasteiger charge is -2.38. The monoisotopic (exact) mass is 851 g/mol. The van der Waals surface area contributed by atoms with Crippen LogP contribution >= 0.6 is 0 Å². The maximum atomic E-state index is 5.91. The summed E-state index contributed by atoms with van der Waals surface area (Å²) >= 11 is 0. The van der Waals surface area contributed by atoms with Gasteiger partial charge in [-0.15, -0.1) is 12.3 Å². The smallest absolute Gasteiger partial charge is 0.0905 e. The van der Waals surface area contributed by atoms with Crippen LogP contribution in [0.4, 0.5) is 0 Å². The minimum atomic E-state index is -0.234. The van der Waals surface area contributed by atoms with E-state index in [9.17, 15) is 0 Å². The lowest BCUT2D eigenvalue weighted by Crippen LogP contribution is -2.48. The lowest BCUT2D eigenvalue weighted by molar-refractivity contribution is -0.147. The number of methoxy groups -OCH3 is 2. The first-order valence-corrected chi connectivity index (χ1v) is 24.1. The number of terminal acetylenes is 1. The maximum Gasteiger partial charge on any atom is 0.0905 e. The Bertz CT molecular complexity index is 2370. The second-order valence-corrected chi connectivity index (χ2v) is 20.4. The van der Waals surface area contributed by atoms with E-state index in [1.807, 2.05) is 41.5 Å². The van der Waals surface area contributed by atoms with Gasteiger partial charge in [-0.25, -0.2) is 0 Å². The molecule has 63 heavy (non-hydrogen) atoms. The highest BCUT2D eigenvalue weighted by molar-refractivity contribution is 6.23. The average Bonchev–Trinajstić information content (AvgIpc) is 3.23. The predicted octanol–water partition coefficient (Wildman–Crippen LogP) is 18.4. The Labute approximate surface area is 386 Å². The fourth-order valence-corrected chi connectivity index (χ4v) is 8.46. The largest absolute Gasteiger partial charge is 0.376 e. The number of fused-ring (bicyclic) bond motifs is 5. The van der Waals surface area contributed by atoms with Crippen molar-refractivity contribution in [2.75, 3.05) is 14.2 Å². The second kappa shape index (κ2) is 22.6. The minimum Gasteiger partial charge on any atom is -0.376 e. The summed E-state index contributed by atoms with van der Waals surface area (Å²) in [6.45, 7) is 42.3. The van der Waals surface area contributed by atoms with Gasteiger partial charge in [0.25, 0.3) is 0 Å². The molecule has 342 valence electrons. The Morgan fingerprint density at radius 3 is 1.57 bits per heavy atom. The van der Waals surface area contributed by atoms with Gasteiger partial charge in [0.15, 0.2) is 0 Å². The van der Waals surface area contributed by atoms with Crippen molar-refractivity contribution in [2.24, 2.45) is 17.8 Å². The highest BCUT2D eigenvalue weighted by atomic mass is 16.5. The van der Waals surface area contributed by atoms with Gasteiger partial charge in [0.2, 0.25) is 0 Å². The van der Waals surface area contributed by atoms with Gasteiger partial charge in [0.1, 0.15) is 0 Å². The summed E-state index contributed by atoms with van der Waals surface area (Å²) < 4.78 is 10.5. The van der Waals surface area contributed by atoms with E-state index in [0.717, 1.165) is 6.42 Å². The third kappa shape index (κ3) is 12.1. The molecule has 0 radical (unpaired) electrons. The van der Waals surface area contributed by atoms with Crippen molar-refractivity contribution in [3.05, 3.63) is 112 Å². The zero-order valence-electron chi connectivity index (χ0n) is 43.7. The zero-order valence-corrected chi connectivity index (χ0v) is 43.7. The van der Waals surface area contributed by atoms with E-state index in [1.54, 1.807) is 14.2 Å². The van der Waals surface area contributed by atoms with Gasteiger partial charge in [0, 0.05) is 20.6 Å². The minimum absolute atomic E-state index is 0.234. The van der Waals surface area contributed by atoms with Crippen LogP contribution < -0.4 is 0 Å². The molecular weight excluding hydrogens is 765 g/mol. The van der Waals surface area contributed by atoms with E-state index >= 15 is 0 Å². The molecule has 0 spiro atoms. The molecule has 0 saturated heterocycles. The predicted molar refractivity (Wildman–Crippen MR) is 283 cm³/mol. The van der Waals surface area contributed by atoms with Crippen LogP contribution in [0.3, 0.4) is 0 Å². The van der Waals surface area contributed by atoms with Crippen LogP contribution in [0, 0.1) is 37.0 Å². The highest BCUT2D eigenvalue weighted by Gasteiger charge is 2.37. The second-order valence-electron chi connectivity index (χ2n) is 20.4. The van der Waals surface area contributed by atoms with Crippen LogP contribution in [-0.2, 0) is 9.47 Å². The molecule has 0 unspecified atom stereocenters. The van der Waals surface area contributed by atoms with E-state index in [2.05, 4.69) is 169 Å². The molecule has 0 aromatic heterocycles. The van der Waals surface area contributed by atoms with Crippen molar-refractivity contribution < 1.29 is 9.47 Å². The van der Waals surface area contributed by atoms with Crippen LogP contribution in [0.25, 0.3) is 49.0 Å². The molecular formula is C61H86O2. The van der Waals surface area contributed by atoms with Crippen LogP contribution in [0.5, 0.6) is 0 Å². The number of allylic oxidation sites excluding steroid dienone is 4. The zero-order chi connectivity index (χ0) is 47.7. The number of aryl methyl sites for hydroxylation is 1. The van der Waals surface area contributed by atoms with Crippen LogP contribution in [-0.4, -0.2) is 25.4 Å². The molecule has 0 aliphatic heterocycles. The van der Waals surface area contributed by atoms with Gasteiger partial charge < -0.3 is 9.47 Å². The molecule has 0 atom stereocenters. The Balaban J connectivity index is 0.000000775. The van der Waals surface area contributed by atoms with Crippen molar-refractivity contribution in [1.82, 2.24) is 0 Å². The topological polar surface area (TPSA) is 18.5 Å². The first-order chi connectivity index (χ1) is 29.5. The van der Waals surface area contributed by atoms with Gasteiger partial charge >= 0.3 is 0 Å². The normalized spacial score (nSPS) is 13.0. The molecule has 5 aromatic rings. The van der Waals surface area contributed by atoms with Gasteiger partial charge in [-0.05, 0) is 166 Å². The van der Waals surface area contributed by atoms with Crippen molar-refractivity contribution in [1.29, 1.82) is 0 Å². The summed E-state index contributed by atoms with van der Waals surface area (Å²) in [5.74, 6) is 5.50. The quantitative estimate of drug-likeness (QED) is 0.0629. The first kappa shape index (κ1) is 53.2. The molecule has 0 fully saturated rings. The Morgan fingerprint density at radius 1 is 0.619 bits per heavy atom. The van der Waals surface area contributed by atoms with Crippen LogP contribution in [0.2, 0.25) is 0 Å². The fraction of sp³-hybridized carbons (Fsp3) is 0.508. The van der Waals surface area contributed by atoms with E-state index in [1.165, 1.54) is 88.0 Å². The van der Waals surface area contributed by atoms with Gasteiger partial charge in [0.05, 0.1) is 11.2 Å². The van der Waals surface area contributed by atoms with E-state index < -0.39 is 0 Å². The number of ether oxygens (including phenoxy) is 2. The van der Waals surface area contributed by atoms with Crippen LogP contribution in [0.1, 0.15) is 183 Å². The van der Waals surface area contributed by atoms with Gasteiger partial charge in [-0.3, -0.25) is 0 Å². The highest BCUT2D eigenvalue weighted by Crippen LogP contribution is 2.47. The molecule has 0 bridgehead atoms. The Hall–Kier alpha value is -4.16. The summed E-state index contributed by atoms with van der Waals surface area (Å²) in [5, 5.41) is 8.00. The van der Waals surface area contributed by atoms with Crippen molar-refractivity contribution >= 4 is 37.9 Å². The summed E-state index contributed by atoms with van der Waals surface area (Å²) in [7, 11) is 3.39.